The van der Waals surface area contributed by atoms with E-state index in [-0.39, 0.29) is 12.1 Å². The van der Waals surface area contributed by atoms with Crippen molar-refractivity contribution in [3.8, 4) is 0 Å². The summed E-state index contributed by atoms with van der Waals surface area (Å²) >= 11 is 0. The lowest BCUT2D eigenvalue weighted by molar-refractivity contribution is 0.00414. The predicted octanol–water partition coefficient (Wildman–Crippen LogP) is 0.801. The van der Waals surface area contributed by atoms with Gasteiger partial charge in [-0.3, -0.25) is 4.79 Å². The van der Waals surface area contributed by atoms with Gasteiger partial charge in [0, 0.05) is 30.8 Å². The SMILES string of the molecule is COCCOCCOCCOCCNC(=O)c1cc2ccc(N)cc2oc1=O. The topological polar surface area (TPSA) is 122 Å². The molecule has 154 valence electrons. The zero-order chi connectivity index (χ0) is 20.2. The summed E-state index contributed by atoms with van der Waals surface area (Å²) < 4.78 is 26.0. The van der Waals surface area contributed by atoms with Crippen LogP contribution in [0.4, 0.5) is 5.69 Å². The molecule has 0 spiro atoms. The molecule has 0 atom stereocenters. The Morgan fingerprint density at radius 2 is 1.64 bits per heavy atom. The summed E-state index contributed by atoms with van der Waals surface area (Å²) in [5.74, 6) is -0.513. The maximum Gasteiger partial charge on any atom is 0.349 e. The number of fused-ring (bicyclic) bond motifs is 1. The number of carbonyl (C=O) groups excluding carboxylic acids is 1. The second kappa shape index (κ2) is 12.1. The molecule has 0 aliphatic carbocycles. The van der Waals surface area contributed by atoms with Gasteiger partial charge in [0.15, 0.2) is 0 Å². The maximum absolute atomic E-state index is 12.2. The zero-order valence-electron chi connectivity index (χ0n) is 15.9. The van der Waals surface area contributed by atoms with Gasteiger partial charge >= 0.3 is 5.63 Å². The zero-order valence-corrected chi connectivity index (χ0v) is 15.9. The summed E-state index contributed by atoms with van der Waals surface area (Å²) in [4.78, 5) is 24.1. The highest BCUT2D eigenvalue weighted by Gasteiger charge is 2.13. The Hall–Kier alpha value is -2.46. The molecule has 0 unspecified atom stereocenters. The minimum absolute atomic E-state index is 0.0610. The number of hydrogen-bond acceptors (Lipinski definition) is 8. The van der Waals surface area contributed by atoms with Crippen LogP contribution in [0.3, 0.4) is 0 Å². The second-order valence-corrected chi connectivity index (χ2v) is 5.83. The first-order valence-corrected chi connectivity index (χ1v) is 8.95. The van der Waals surface area contributed by atoms with Crippen LogP contribution >= 0.6 is 0 Å². The molecule has 0 aliphatic heterocycles. The van der Waals surface area contributed by atoms with Gasteiger partial charge in [0.05, 0.1) is 46.2 Å². The third kappa shape index (κ3) is 7.28. The molecule has 0 saturated carbocycles. The van der Waals surface area contributed by atoms with E-state index in [1.807, 2.05) is 0 Å². The molecule has 1 heterocycles. The lowest BCUT2D eigenvalue weighted by Crippen LogP contribution is -2.31. The number of benzene rings is 1. The Labute approximate surface area is 162 Å². The molecule has 1 aromatic heterocycles. The van der Waals surface area contributed by atoms with E-state index in [2.05, 4.69) is 5.32 Å². The molecule has 3 N–H and O–H groups in total. The van der Waals surface area contributed by atoms with Crippen molar-refractivity contribution < 1.29 is 28.2 Å². The number of ether oxygens (including phenoxy) is 4. The number of nitrogens with one attached hydrogen (secondary N) is 1. The summed E-state index contributed by atoms with van der Waals surface area (Å²) in [5.41, 5.74) is 5.70. The van der Waals surface area contributed by atoms with Crippen molar-refractivity contribution >= 4 is 22.6 Å². The van der Waals surface area contributed by atoms with E-state index in [9.17, 15) is 9.59 Å². The van der Waals surface area contributed by atoms with Gasteiger partial charge in [-0.05, 0) is 18.2 Å². The second-order valence-electron chi connectivity index (χ2n) is 5.83. The Bertz CT molecular complexity index is 806. The van der Waals surface area contributed by atoms with Crippen molar-refractivity contribution in [3.63, 3.8) is 0 Å². The molecular weight excluding hydrogens is 368 g/mol. The summed E-state index contributed by atoms with van der Waals surface area (Å²) in [6.45, 7) is 3.47. The van der Waals surface area contributed by atoms with E-state index < -0.39 is 11.5 Å². The first kappa shape index (κ1) is 21.8. The summed E-state index contributed by atoms with van der Waals surface area (Å²) in [7, 11) is 1.62. The van der Waals surface area contributed by atoms with Crippen molar-refractivity contribution in [1.82, 2.24) is 5.32 Å². The summed E-state index contributed by atoms with van der Waals surface area (Å²) in [5, 5.41) is 3.25. The van der Waals surface area contributed by atoms with Crippen molar-refractivity contribution in [2.24, 2.45) is 0 Å². The Kier molecular flexibility index (Phi) is 9.43. The van der Waals surface area contributed by atoms with E-state index in [1.165, 1.54) is 6.07 Å². The molecule has 0 radical (unpaired) electrons. The highest BCUT2D eigenvalue weighted by Crippen LogP contribution is 2.16. The van der Waals surface area contributed by atoms with Crippen LogP contribution in [0.15, 0.2) is 33.5 Å². The number of hydrogen-bond donors (Lipinski definition) is 2. The molecule has 0 aliphatic rings. The Balaban J connectivity index is 1.61. The van der Waals surface area contributed by atoms with Crippen LogP contribution < -0.4 is 16.7 Å². The van der Waals surface area contributed by atoms with E-state index in [0.29, 0.717) is 62.9 Å². The standard InChI is InChI=1S/C19H26N2O7/c1-24-6-7-26-10-11-27-9-8-25-5-4-21-18(22)16-12-14-2-3-15(20)13-17(14)28-19(16)23/h2-3,12-13H,4-11,20H2,1H3,(H,21,22). The van der Waals surface area contributed by atoms with Crippen LogP contribution in [0.25, 0.3) is 11.0 Å². The summed E-state index contributed by atoms with van der Waals surface area (Å²) in [6.07, 6.45) is 0. The fourth-order valence-corrected chi connectivity index (χ4v) is 2.30. The van der Waals surface area contributed by atoms with Gasteiger partial charge in [-0.25, -0.2) is 4.79 Å². The fraction of sp³-hybridized carbons (Fsp3) is 0.474. The van der Waals surface area contributed by atoms with E-state index in [4.69, 9.17) is 29.1 Å². The van der Waals surface area contributed by atoms with Gasteiger partial charge in [0.2, 0.25) is 0 Å². The van der Waals surface area contributed by atoms with Crippen LogP contribution in [0.1, 0.15) is 10.4 Å². The molecule has 2 aromatic rings. The number of amides is 1. The average Bonchev–Trinajstić information content (AvgIpc) is 2.68. The van der Waals surface area contributed by atoms with Gasteiger partial charge in [-0.1, -0.05) is 0 Å². The first-order valence-electron chi connectivity index (χ1n) is 8.95. The minimum Gasteiger partial charge on any atom is -0.422 e. The summed E-state index contributed by atoms with van der Waals surface area (Å²) in [6, 6.07) is 6.39. The van der Waals surface area contributed by atoms with Gasteiger partial charge in [-0.2, -0.15) is 0 Å². The molecule has 0 fully saturated rings. The third-order valence-electron chi connectivity index (χ3n) is 3.71. The number of methoxy groups -OCH3 is 1. The molecule has 0 bridgehead atoms. The van der Waals surface area contributed by atoms with Crippen molar-refractivity contribution in [2.75, 3.05) is 65.6 Å². The number of nitrogen functional groups attached to an aromatic ring is 1. The number of carbonyl (C=O) groups is 1. The van der Waals surface area contributed by atoms with Crippen molar-refractivity contribution in [2.45, 2.75) is 0 Å². The number of nitrogens with two attached hydrogens (primary N) is 1. The lowest BCUT2D eigenvalue weighted by Gasteiger charge is -2.08. The molecule has 1 aromatic carbocycles. The molecule has 9 nitrogen and oxygen atoms in total. The van der Waals surface area contributed by atoms with E-state index in [1.54, 1.807) is 25.3 Å². The third-order valence-corrected chi connectivity index (χ3v) is 3.71. The van der Waals surface area contributed by atoms with Gasteiger partial charge in [-0.15, -0.1) is 0 Å². The molecule has 28 heavy (non-hydrogen) atoms. The average molecular weight is 394 g/mol. The predicted molar refractivity (Wildman–Crippen MR) is 104 cm³/mol. The number of anilines is 1. The van der Waals surface area contributed by atoms with Crippen molar-refractivity contribution in [3.05, 3.63) is 40.2 Å². The van der Waals surface area contributed by atoms with Gasteiger partial charge in [0.1, 0.15) is 11.1 Å². The molecule has 2 rings (SSSR count). The van der Waals surface area contributed by atoms with Gasteiger partial charge in [0.25, 0.3) is 5.91 Å². The van der Waals surface area contributed by atoms with Crippen LogP contribution in [-0.4, -0.2) is 65.8 Å². The molecule has 9 heteroatoms. The Morgan fingerprint density at radius 1 is 1.00 bits per heavy atom. The maximum atomic E-state index is 12.2. The molecule has 0 saturated heterocycles. The van der Waals surface area contributed by atoms with E-state index >= 15 is 0 Å². The molecular formula is C19H26N2O7. The van der Waals surface area contributed by atoms with Crippen LogP contribution in [-0.2, 0) is 18.9 Å². The van der Waals surface area contributed by atoms with Crippen LogP contribution in [0, 0.1) is 0 Å². The first-order chi connectivity index (χ1) is 13.6. The van der Waals surface area contributed by atoms with E-state index in [0.717, 1.165) is 0 Å². The normalized spacial score (nSPS) is 11.0. The van der Waals surface area contributed by atoms with Crippen LogP contribution in [0.5, 0.6) is 0 Å². The highest BCUT2D eigenvalue weighted by molar-refractivity contribution is 5.96. The Morgan fingerprint density at radius 3 is 2.32 bits per heavy atom. The van der Waals surface area contributed by atoms with Gasteiger partial charge < -0.3 is 34.4 Å². The van der Waals surface area contributed by atoms with Crippen LogP contribution in [0.2, 0.25) is 0 Å². The highest BCUT2D eigenvalue weighted by atomic mass is 16.6. The lowest BCUT2D eigenvalue weighted by atomic mass is 10.1. The smallest absolute Gasteiger partial charge is 0.349 e. The number of rotatable bonds is 13. The quantitative estimate of drug-likeness (QED) is 0.291. The monoisotopic (exact) mass is 394 g/mol. The minimum atomic E-state index is -0.711. The fourth-order valence-electron chi connectivity index (χ4n) is 2.30. The largest absolute Gasteiger partial charge is 0.422 e. The van der Waals surface area contributed by atoms with Crippen molar-refractivity contribution in [1.29, 1.82) is 0 Å². The molecule has 1 amide bonds.